The highest BCUT2D eigenvalue weighted by molar-refractivity contribution is 7.98. The summed E-state index contributed by atoms with van der Waals surface area (Å²) in [5.74, 6) is 0.122. The van der Waals surface area contributed by atoms with E-state index in [4.69, 9.17) is 0 Å². The Morgan fingerprint density at radius 1 is 1.28 bits per heavy atom. The number of thioether (sulfide) groups is 1. The summed E-state index contributed by atoms with van der Waals surface area (Å²) < 4.78 is 24.8. The van der Waals surface area contributed by atoms with E-state index in [0.717, 1.165) is 23.2 Å². The van der Waals surface area contributed by atoms with Crippen molar-refractivity contribution in [2.24, 2.45) is 0 Å². The Hall–Kier alpha value is -1.66. The fraction of sp³-hybridized carbons (Fsp3) is 0.444. The van der Waals surface area contributed by atoms with Gasteiger partial charge in [0, 0.05) is 5.38 Å². The van der Waals surface area contributed by atoms with Crippen molar-refractivity contribution in [1.29, 1.82) is 0 Å². The van der Waals surface area contributed by atoms with Crippen molar-refractivity contribution in [3.05, 3.63) is 47.0 Å². The second-order valence-electron chi connectivity index (χ2n) is 6.52. The lowest BCUT2D eigenvalue weighted by Crippen LogP contribution is -2.50. The number of amides is 1. The number of rotatable bonds is 11. The Bertz CT molecular complexity index is 889. The maximum Gasteiger partial charge on any atom is 0.271 e. The molecule has 0 saturated heterocycles. The maximum atomic E-state index is 12.6. The molecule has 0 spiro atoms. The summed E-state index contributed by atoms with van der Waals surface area (Å²) in [4.78, 5) is 16.6. The van der Waals surface area contributed by atoms with E-state index < -0.39 is 34.2 Å². The number of nitrogens with one attached hydrogen (secondary N) is 2. The summed E-state index contributed by atoms with van der Waals surface area (Å²) in [5.41, 5.74) is 0.927. The number of aliphatic hydroxyl groups excluding tert-OH is 2. The number of aromatic nitrogens is 1. The molecule has 3 unspecified atom stereocenters. The quantitative estimate of drug-likeness (QED) is 0.399. The van der Waals surface area contributed by atoms with Crippen LogP contribution in [-0.4, -0.2) is 66.0 Å². The lowest BCUT2D eigenvalue weighted by Gasteiger charge is -2.27. The Labute approximate surface area is 178 Å². The molecule has 2 aromatic rings. The van der Waals surface area contributed by atoms with Crippen molar-refractivity contribution in [3.63, 3.8) is 0 Å². The van der Waals surface area contributed by atoms with Crippen LogP contribution in [0.25, 0.3) is 0 Å². The molecule has 1 aromatic heterocycles. The molecule has 29 heavy (non-hydrogen) atoms. The Balaban J connectivity index is 2.14. The Morgan fingerprint density at radius 3 is 2.59 bits per heavy atom. The van der Waals surface area contributed by atoms with E-state index in [-0.39, 0.29) is 10.8 Å². The van der Waals surface area contributed by atoms with Gasteiger partial charge in [-0.25, -0.2) is 13.4 Å². The molecule has 11 heteroatoms. The Kier molecular flexibility index (Phi) is 8.90. The average molecular weight is 460 g/mol. The van der Waals surface area contributed by atoms with Crippen LogP contribution in [0.3, 0.4) is 0 Å². The van der Waals surface area contributed by atoms with Crippen LogP contribution in [0.15, 0.2) is 35.7 Å². The largest absolute Gasteiger partial charge is 0.390 e. The summed E-state index contributed by atoms with van der Waals surface area (Å²) in [6, 6.07) is 8.58. The molecular weight excluding hydrogens is 434 g/mol. The molecule has 3 atom stereocenters. The number of hydrogen-bond acceptors (Lipinski definition) is 8. The van der Waals surface area contributed by atoms with Gasteiger partial charge < -0.3 is 15.5 Å². The number of nitrogens with zero attached hydrogens (tertiary/aromatic N) is 1. The fourth-order valence-corrected chi connectivity index (χ4v) is 4.65. The summed E-state index contributed by atoms with van der Waals surface area (Å²) in [7, 11) is -3.50. The van der Waals surface area contributed by atoms with E-state index in [0.29, 0.717) is 18.6 Å². The molecule has 4 N–H and O–H groups in total. The number of benzene rings is 1. The standard InChI is InChI=1S/C18H25N3O5S3/c1-27-9-8-15(22)16(23)13(10-12-6-4-3-5-7-12)19-17(24)14-11-28-18(20-14)21-29(2,25)26/h3-7,11,13,15-16,22-23H,8-10H2,1-2H3,(H,19,24)(H,20,21). The first-order chi connectivity index (χ1) is 13.7. The number of carbonyl (C=O) groups excluding carboxylic acids is 1. The molecule has 0 aliphatic heterocycles. The highest BCUT2D eigenvalue weighted by atomic mass is 32.2. The lowest BCUT2D eigenvalue weighted by molar-refractivity contribution is -0.00409. The van der Waals surface area contributed by atoms with Crippen LogP contribution in [0.4, 0.5) is 5.13 Å². The minimum absolute atomic E-state index is 0.0324. The number of sulfonamides is 1. The monoisotopic (exact) mass is 459 g/mol. The van der Waals surface area contributed by atoms with Gasteiger partial charge in [0.15, 0.2) is 5.13 Å². The van der Waals surface area contributed by atoms with Crippen molar-refractivity contribution >= 4 is 44.2 Å². The summed E-state index contributed by atoms with van der Waals surface area (Å²) in [5, 5.41) is 25.2. The number of thiazole rings is 1. The molecule has 2 rings (SSSR count). The van der Waals surface area contributed by atoms with Crippen molar-refractivity contribution in [2.45, 2.75) is 31.1 Å². The molecular formula is C18H25N3O5S3. The van der Waals surface area contributed by atoms with Crippen LogP contribution in [0.1, 0.15) is 22.5 Å². The summed E-state index contributed by atoms with van der Waals surface area (Å²) in [6.45, 7) is 0. The first kappa shape index (κ1) is 23.6. The van der Waals surface area contributed by atoms with Gasteiger partial charge in [0.1, 0.15) is 11.8 Å². The normalized spacial score (nSPS) is 14.8. The molecule has 0 bridgehead atoms. The molecule has 0 saturated carbocycles. The first-order valence-electron chi connectivity index (χ1n) is 8.82. The topological polar surface area (TPSA) is 129 Å². The van der Waals surface area contributed by atoms with Crippen molar-refractivity contribution in [3.8, 4) is 0 Å². The van der Waals surface area contributed by atoms with Crippen LogP contribution >= 0.6 is 23.1 Å². The van der Waals surface area contributed by atoms with Gasteiger partial charge in [0.2, 0.25) is 10.0 Å². The number of carbonyl (C=O) groups is 1. The highest BCUT2D eigenvalue weighted by Crippen LogP contribution is 2.18. The van der Waals surface area contributed by atoms with E-state index in [1.165, 1.54) is 5.38 Å². The van der Waals surface area contributed by atoms with Gasteiger partial charge in [0.25, 0.3) is 5.91 Å². The van der Waals surface area contributed by atoms with Crippen molar-refractivity contribution in [1.82, 2.24) is 10.3 Å². The van der Waals surface area contributed by atoms with Gasteiger partial charge in [-0.2, -0.15) is 11.8 Å². The van der Waals surface area contributed by atoms with Gasteiger partial charge in [-0.1, -0.05) is 30.3 Å². The number of aliphatic hydroxyl groups is 2. The van der Waals surface area contributed by atoms with Gasteiger partial charge in [-0.15, -0.1) is 11.3 Å². The molecule has 1 aromatic carbocycles. The highest BCUT2D eigenvalue weighted by Gasteiger charge is 2.28. The molecule has 0 fully saturated rings. The number of anilines is 1. The third-order valence-electron chi connectivity index (χ3n) is 4.05. The van der Waals surface area contributed by atoms with Crippen molar-refractivity contribution < 1.29 is 23.4 Å². The SMILES string of the molecule is CSCCC(O)C(O)C(Cc1ccccc1)NC(=O)c1csc(NS(C)(=O)=O)n1. The van der Waals surface area contributed by atoms with Gasteiger partial charge in [-0.05, 0) is 30.4 Å². The summed E-state index contributed by atoms with van der Waals surface area (Å²) >= 11 is 2.54. The molecule has 1 amide bonds. The minimum atomic E-state index is -3.50. The van der Waals surface area contributed by atoms with E-state index >= 15 is 0 Å². The molecule has 1 heterocycles. The van der Waals surface area contributed by atoms with E-state index in [1.807, 2.05) is 36.6 Å². The zero-order valence-corrected chi connectivity index (χ0v) is 18.6. The smallest absolute Gasteiger partial charge is 0.271 e. The summed E-state index contributed by atoms with van der Waals surface area (Å²) in [6.07, 6.45) is 1.46. The minimum Gasteiger partial charge on any atom is -0.390 e. The second kappa shape index (κ2) is 10.9. The second-order valence-corrected chi connectivity index (χ2v) is 10.1. The van der Waals surface area contributed by atoms with Crippen molar-refractivity contribution in [2.75, 3.05) is 23.0 Å². The van der Waals surface area contributed by atoms with Gasteiger partial charge in [0.05, 0.1) is 18.4 Å². The van der Waals surface area contributed by atoms with Crippen LogP contribution in [0.5, 0.6) is 0 Å². The molecule has 8 nitrogen and oxygen atoms in total. The van der Waals surface area contributed by atoms with Crippen LogP contribution in [0, 0.1) is 0 Å². The predicted octanol–water partition coefficient (Wildman–Crippen LogP) is 1.33. The Morgan fingerprint density at radius 2 is 1.97 bits per heavy atom. The van der Waals surface area contributed by atoms with Crippen LogP contribution < -0.4 is 10.0 Å². The third-order valence-corrected chi connectivity index (χ3v) is 6.14. The first-order valence-corrected chi connectivity index (χ1v) is 13.0. The van der Waals surface area contributed by atoms with E-state index in [9.17, 15) is 23.4 Å². The third kappa shape index (κ3) is 7.94. The fourth-order valence-electron chi connectivity index (χ4n) is 2.63. The zero-order chi connectivity index (χ0) is 21.4. The van der Waals surface area contributed by atoms with E-state index in [2.05, 4.69) is 15.0 Å². The average Bonchev–Trinajstić information content (AvgIpc) is 3.12. The maximum absolute atomic E-state index is 12.6. The predicted molar refractivity (Wildman–Crippen MR) is 117 cm³/mol. The molecule has 0 aliphatic rings. The molecule has 0 radical (unpaired) electrons. The van der Waals surface area contributed by atoms with Crippen LogP contribution in [-0.2, 0) is 16.4 Å². The lowest BCUT2D eigenvalue weighted by atomic mass is 9.96. The van der Waals surface area contributed by atoms with Crippen LogP contribution in [0.2, 0.25) is 0 Å². The number of hydrogen-bond donors (Lipinski definition) is 4. The van der Waals surface area contributed by atoms with Gasteiger partial charge in [-0.3, -0.25) is 9.52 Å². The zero-order valence-electron chi connectivity index (χ0n) is 16.1. The van der Waals surface area contributed by atoms with Gasteiger partial charge >= 0.3 is 0 Å². The molecule has 0 aliphatic carbocycles. The van der Waals surface area contributed by atoms with E-state index in [1.54, 1.807) is 11.8 Å². The molecule has 160 valence electrons.